The molecule has 23 heavy (non-hydrogen) atoms. The summed E-state index contributed by atoms with van der Waals surface area (Å²) in [5.74, 6) is 1.46. The van der Waals surface area contributed by atoms with Crippen LogP contribution in [0.15, 0.2) is 36.7 Å². The fourth-order valence-electron chi connectivity index (χ4n) is 3.19. The number of hydrogen-bond donors (Lipinski definition) is 0. The third-order valence-corrected chi connectivity index (χ3v) is 4.30. The first kappa shape index (κ1) is 15.3. The molecule has 0 saturated heterocycles. The van der Waals surface area contributed by atoms with Crippen LogP contribution in [0.3, 0.4) is 0 Å². The Morgan fingerprint density at radius 2 is 1.83 bits per heavy atom. The normalized spacial score (nSPS) is 16.7. The maximum Gasteiger partial charge on any atom is 0.220 e. The van der Waals surface area contributed by atoms with Crippen LogP contribution in [0.2, 0.25) is 0 Å². The van der Waals surface area contributed by atoms with E-state index in [4.69, 9.17) is 9.47 Å². The quantitative estimate of drug-likeness (QED) is 0.874. The van der Waals surface area contributed by atoms with Gasteiger partial charge >= 0.3 is 0 Å². The van der Waals surface area contributed by atoms with Gasteiger partial charge in [-0.3, -0.25) is 9.78 Å². The number of pyridine rings is 1. The van der Waals surface area contributed by atoms with Gasteiger partial charge in [-0.15, -0.1) is 0 Å². The number of carbonyl (C=O) groups is 1. The maximum atomic E-state index is 12.1. The number of amides is 1. The zero-order valence-corrected chi connectivity index (χ0v) is 13.6. The molecule has 2 aromatic rings. The molecule has 5 nitrogen and oxygen atoms in total. The topological polar surface area (TPSA) is 51.7 Å². The van der Waals surface area contributed by atoms with E-state index in [-0.39, 0.29) is 11.9 Å². The third-order valence-electron chi connectivity index (χ3n) is 4.30. The molecule has 1 aliphatic rings. The van der Waals surface area contributed by atoms with Gasteiger partial charge in [0.25, 0.3) is 0 Å². The van der Waals surface area contributed by atoms with Gasteiger partial charge in [-0.2, -0.15) is 0 Å². The van der Waals surface area contributed by atoms with Crippen LogP contribution in [0.4, 0.5) is 0 Å². The summed E-state index contributed by atoms with van der Waals surface area (Å²) in [6, 6.07) is 7.77. The van der Waals surface area contributed by atoms with Crippen LogP contribution in [0.25, 0.3) is 0 Å². The Labute approximate surface area is 135 Å². The van der Waals surface area contributed by atoms with Gasteiger partial charge in [0.05, 0.1) is 20.3 Å². The number of methoxy groups -OCH3 is 2. The highest BCUT2D eigenvalue weighted by atomic mass is 16.5. The molecule has 0 spiro atoms. The smallest absolute Gasteiger partial charge is 0.220 e. The molecule has 1 aromatic carbocycles. The van der Waals surface area contributed by atoms with Crippen molar-refractivity contribution in [3.05, 3.63) is 53.3 Å². The van der Waals surface area contributed by atoms with Crippen LogP contribution < -0.4 is 9.47 Å². The molecular weight excluding hydrogens is 292 g/mol. The lowest BCUT2D eigenvalue weighted by molar-refractivity contribution is -0.130. The molecule has 120 valence electrons. The summed E-state index contributed by atoms with van der Waals surface area (Å²) in [5.41, 5.74) is 3.31. The van der Waals surface area contributed by atoms with E-state index in [9.17, 15) is 4.79 Å². The second kappa shape index (κ2) is 6.28. The summed E-state index contributed by atoms with van der Waals surface area (Å²) in [4.78, 5) is 18.1. The first-order valence-electron chi connectivity index (χ1n) is 7.57. The van der Waals surface area contributed by atoms with E-state index < -0.39 is 0 Å². The molecule has 1 amide bonds. The molecule has 1 atom stereocenters. The number of benzene rings is 1. The standard InChI is InChI=1S/C18H20N2O3/c1-12(21)20-9-6-14-10-16(22-2)17(23-3)11-15(14)18(20)13-4-7-19-8-5-13/h4-5,7-8,10-11,18H,6,9H2,1-3H3. The molecular formula is C18H20N2O3. The Morgan fingerprint density at radius 1 is 1.17 bits per heavy atom. The summed E-state index contributed by atoms with van der Waals surface area (Å²) in [6.45, 7) is 2.30. The fraction of sp³-hybridized carbons (Fsp3) is 0.333. The van der Waals surface area contributed by atoms with E-state index in [0.29, 0.717) is 12.3 Å². The zero-order valence-electron chi connectivity index (χ0n) is 13.6. The highest BCUT2D eigenvalue weighted by molar-refractivity contribution is 5.75. The van der Waals surface area contributed by atoms with Crippen LogP contribution in [0.5, 0.6) is 11.5 Å². The van der Waals surface area contributed by atoms with Crippen LogP contribution in [-0.2, 0) is 11.2 Å². The van der Waals surface area contributed by atoms with Crippen molar-refractivity contribution in [1.29, 1.82) is 0 Å². The predicted octanol–water partition coefficient (Wildman–Crippen LogP) is 2.59. The van der Waals surface area contributed by atoms with Crippen molar-refractivity contribution >= 4 is 5.91 Å². The molecule has 1 aromatic heterocycles. The van der Waals surface area contributed by atoms with Crippen molar-refractivity contribution in [3.8, 4) is 11.5 Å². The molecule has 0 N–H and O–H groups in total. The summed E-state index contributed by atoms with van der Waals surface area (Å²) < 4.78 is 10.8. The lowest BCUT2D eigenvalue weighted by Crippen LogP contribution is -2.39. The van der Waals surface area contributed by atoms with Crippen LogP contribution in [0, 0.1) is 0 Å². The Hall–Kier alpha value is -2.56. The molecule has 0 fully saturated rings. The number of aromatic nitrogens is 1. The highest BCUT2D eigenvalue weighted by Gasteiger charge is 2.31. The molecule has 1 unspecified atom stereocenters. The van der Waals surface area contributed by atoms with E-state index in [1.165, 1.54) is 5.56 Å². The molecule has 0 saturated carbocycles. The fourth-order valence-corrected chi connectivity index (χ4v) is 3.19. The van der Waals surface area contributed by atoms with Crippen LogP contribution >= 0.6 is 0 Å². The van der Waals surface area contributed by atoms with E-state index in [0.717, 1.165) is 23.3 Å². The second-order valence-corrected chi connectivity index (χ2v) is 5.55. The number of fused-ring (bicyclic) bond motifs is 1. The number of rotatable bonds is 3. The van der Waals surface area contributed by atoms with Crippen molar-refractivity contribution in [2.75, 3.05) is 20.8 Å². The first-order valence-corrected chi connectivity index (χ1v) is 7.57. The monoisotopic (exact) mass is 312 g/mol. The summed E-state index contributed by atoms with van der Waals surface area (Å²) in [5, 5.41) is 0. The lowest BCUT2D eigenvalue weighted by atomic mass is 9.88. The molecule has 2 heterocycles. The van der Waals surface area contributed by atoms with Gasteiger partial charge in [0, 0.05) is 25.9 Å². The van der Waals surface area contributed by atoms with E-state index in [1.54, 1.807) is 33.5 Å². The number of nitrogens with zero attached hydrogens (tertiary/aromatic N) is 2. The average Bonchev–Trinajstić information content (AvgIpc) is 2.59. The Kier molecular flexibility index (Phi) is 4.19. The minimum atomic E-state index is -0.126. The van der Waals surface area contributed by atoms with Crippen molar-refractivity contribution in [3.63, 3.8) is 0 Å². The summed E-state index contributed by atoms with van der Waals surface area (Å²) >= 11 is 0. The van der Waals surface area contributed by atoms with Crippen LogP contribution in [-0.4, -0.2) is 36.6 Å². The molecule has 5 heteroatoms. The summed E-state index contributed by atoms with van der Waals surface area (Å²) in [6.07, 6.45) is 4.31. The average molecular weight is 312 g/mol. The van der Waals surface area contributed by atoms with Gasteiger partial charge in [-0.25, -0.2) is 0 Å². The van der Waals surface area contributed by atoms with Crippen molar-refractivity contribution in [2.24, 2.45) is 0 Å². The van der Waals surface area contributed by atoms with Gasteiger partial charge in [-0.1, -0.05) is 0 Å². The molecule has 0 bridgehead atoms. The second-order valence-electron chi connectivity index (χ2n) is 5.55. The van der Waals surface area contributed by atoms with E-state index in [2.05, 4.69) is 4.98 Å². The van der Waals surface area contributed by atoms with Crippen LogP contribution in [0.1, 0.15) is 29.7 Å². The molecule has 1 aliphatic heterocycles. The third kappa shape index (κ3) is 2.74. The predicted molar refractivity (Wildman–Crippen MR) is 86.7 cm³/mol. The minimum absolute atomic E-state index is 0.0623. The van der Waals surface area contributed by atoms with Gasteiger partial charge in [0.1, 0.15) is 0 Å². The van der Waals surface area contributed by atoms with Crippen molar-refractivity contribution in [1.82, 2.24) is 9.88 Å². The Bertz CT molecular complexity index is 716. The van der Waals surface area contributed by atoms with Gasteiger partial charge in [-0.05, 0) is 47.4 Å². The minimum Gasteiger partial charge on any atom is -0.493 e. The number of ether oxygens (including phenoxy) is 2. The highest BCUT2D eigenvalue weighted by Crippen LogP contribution is 2.40. The van der Waals surface area contributed by atoms with E-state index in [1.807, 2.05) is 29.2 Å². The SMILES string of the molecule is COc1cc2c(cc1OC)C(c1ccncc1)N(C(C)=O)CC2. The molecule has 0 aliphatic carbocycles. The molecule has 0 radical (unpaired) electrons. The van der Waals surface area contributed by atoms with Crippen molar-refractivity contribution < 1.29 is 14.3 Å². The lowest BCUT2D eigenvalue weighted by Gasteiger charge is -2.37. The first-order chi connectivity index (χ1) is 11.2. The Balaban J connectivity index is 2.17. The Morgan fingerprint density at radius 3 is 2.43 bits per heavy atom. The van der Waals surface area contributed by atoms with Gasteiger partial charge < -0.3 is 14.4 Å². The maximum absolute atomic E-state index is 12.1. The zero-order chi connectivity index (χ0) is 16.4. The summed E-state index contributed by atoms with van der Waals surface area (Å²) in [7, 11) is 3.26. The largest absolute Gasteiger partial charge is 0.493 e. The number of hydrogen-bond acceptors (Lipinski definition) is 4. The van der Waals surface area contributed by atoms with Gasteiger partial charge in [0.15, 0.2) is 11.5 Å². The van der Waals surface area contributed by atoms with Crippen molar-refractivity contribution in [2.45, 2.75) is 19.4 Å². The van der Waals surface area contributed by atoms with Gasteiger partial charge in [0.2, 0.25) is 5.91 Å². The van der Waals surface area contributed by atoms with E-state index >= 15 is 0 Å². The number of carbonyl (C=O) groups excluding carboxylic acids is 1. The molecule has 3 rings (SSSR count).